The fraction of sp³-hybridized carbons (Fsp3) is 0.125. The number of carbonyl (C=O) groups excluding carboxylic acids is 2. The Kier molecular flexibility index (Phi) is 6.97. The van der Waals surface area contributed by atoms with E-state index >= 15 is 0 Å². The molecular formula is C24H21N5O5S. The first-order valence-electron chi connectivity index (χ1n) is 10.6. The average Bonchev–Trinajstić information content (AvgIpc) is 3.12. The second-order valence-electron chi connectivity index (χ2n) is 7.49. The Hall–Kier alpha value is -4.38. The summed E-state index contributed by atoms with van der Waals surface area (Å²) in [5, 5.41) is 10.9. The smallest absolute Gasteiger partial charge is 0.331 e. The van der Waals surface area contributed by atoms with Crippen LogP contribution < -0.4 is 10.0 Å². The molecule has 0 saturated carbocycles. The Balaban J connectivity index is 1.29. The number of hydrogen-bond acceptors (Lipinski definition) is 8. The number of esters is 1. The lowest BCUT2D eigenvalue weighted by molar-refractivity contribution is -0.148. The first-order valence-corrected chi connectivity index (χ1v) is 12.0. The Morgan fingerprint density at radius 1 is 0.914 bits per heavy atom. The van der Waals surface area contributed by atoms with Crippen molar-refractivity contribution in [3.8, 4) is 0 Å². The zero-order chi connectivity index (χ0) is 24.8. The summed E-state index contributed by atoms with van der Waals surface area (Å²) in [5.74, 6) is -1.25. The molecule has 0 aromatic heterocycles. The van der Waals surface area contributed by atoms with Gasteiger partial charge in [0.25, 0.3) is 15.9 Å². The number of nitrogens with zero attached hydrogens (tertiary/aromatic N) is 3. The predicted molar refractivity (Wildman–Crippen MR) is 129 cm³/mol. The zero-order valence-corrected chi connectivity index (χ0v) is 19.4. The van der Waals surface area contributed by atoms with Crippen LogP contribution in [0, 0.1) is 0 Å². The normalized spacial score (nSPS) is 15.9. The molecule has 1 aliphatic heterocycles. The van der Waals surface area contributed by atoms with Gasteiger partial charge in [-0.25, -0.2) is 13.2 Å². The van der Waals surface area contributed by atoms with E-state index in [4.69, 9.17) is 4.74 Å². The van der Waals surface area contributed by atoms with Gasteiger partial charge in [-0.3, -0.25) is 14.5 Å². The van der Waals surface area contributed by atoms with Gasteiger partial charge in [0.15, 0.2) is 6.61 Å². The summed E-state index contributed by atoms with van der Waals surface area (Å²) >= 11 is 0. The van der Waals surface area contributed by atoms with Crippen molar-refractivity contribution in [1.29, 1.82) is 0 Å². The second kappa shape index (κ2) is 10.3. The number of nitrogens with one attached hydrogen (secondary N) is 2. The van der Waals surface area contributed by atoms with Crippen LogP contribution in [0.5, 0.6) is 0 Å². The second-order valence-corrected chi connectivity index (χ2v) is 9.14. The molecule has 1 atom stereocenters. The number of benzene rings is 3. The number of ether oxygens (including phenoxy) is 1. The lowest BCUT2D eigenvalue weighted by atomic mass is 10.2. The van der Waals surface area contributed by atoms with E-state index < -0.39 is 34.5 Å². The Morgan fingerprint density at radius 2 is 1.54 bits per heavy atom. The SMILES string of the molecule is C[C@H](N=C1NS(=O)(=O)c2ccccc21)C(=O)OCC(=O)Nc1ccc(N=Nc2ccccc2)cc1. The van der Waals surface area contributed by atoms with Crippen LogP contribution in [0.4, 0.5) is 17.1 Å². The summed E-state index contributed by atoms with van der Waals surface area (Å²) in [6.45, 7) is 0.928. The van der Waals surface area contributed by atoms with Crippen molar-refractivity contribution in [2.45, 2.75) is 17.9 Å². The maximum atomic E-state index is 12.3. The monoisotopic (exact) mass is 491 g/mol. The van der Waals surface area contributed by atoms with Crippen molar-refractivity contribution in [1.82, 2.24) is 4.72 Å². The standard InChI is InChI=1S/C24H21N5O5S/c1-16(25-23-20-9-5-6-10-21(20)35(32,33)29-23)24(31)34-15-22(30)26-17-11-13-19(14-12-17)28-27-18-7-3-2-4-8-18/h2-14,16H,15H2,1H3,(H,25,29)(H,26,30)/t16-/m0/s1. The van der Waals surface area contributed by atoms with Crippen LogP contribution in [0.1, 0.15) is 12.5 Å². The highest BCUT2D eigenvalue weighted by Gasteiger charge is 2.31. The van der Waals surface area contributed by atoms with Crippen LogP contribution in [-0.4, -0.2) is 38.8 Å². The third-order valence-corrected chi connectivity index (χ3v) is 6.26. The van der Waals surface area contributed by atoms with Crippen molar-refractivity contribution >= 4 is 44.8 Å². The van der Waals surface area contributed by atoms with Gasteiger partial charge in [-0.05, 0) is 55.5 Å². The zero-order valence-electron chi connectivity index (χ0n) is 18.6. The third-order valence-electron chi connectivity index (χ3n) is 4.86. The molecule has 1 amide bonds. The highest BCUT2D eigenvalue weighted by Crippen LogP contribution is 2.23. The van der Waals surface area contributed by atoms with Crippen LogP contribution in [0.2, 0.25) is 0 Å². The fourth-order valence-corrected chi connectivity index (χ4v) is 4.39. The summed E-state index contributed by atoms with van der Waals surface area (Å²) < 4.78 is 31.7. The van der Waals surface area contributed by atoms with Crippen molar-refractivity contribution < 1.29 is 22.7 Å². The molecule has 11 heteroatoms. The Bertz CT molecular complexity index is 1400. The van der Waals surface area contributed by atoms with Gasteiger partial charge in [-0.1, -0.05) is 30.3 Å². The fourth-order valence-electron chi connectivity index (χ4n) is 3.15. The number of amidine groups is 1. The highest BCUT2D eigenvalue weighted by molar-refractivity contribution is 7.90. The number of azo groups is 1. The lowest BCUT2D eigenvalue weighted by Crippen LogP contribution is -2.28. The molecule has 0 unspecified atom stereocenters. The first-order chi connectivity index (χ1) is 16.8. The Morgan fingerprint density at radius 3 is 2.26 bits per heavy atom. The largest absolute Gasteiger partial charge is 0.454 e. The molecule has 0 radical (unpaired) electrons. The van der Waals surface area contributed by atoms with E-state index in [1.165, 1.54) is 13.0 Å². The summed E-state index contributed by atoms with van der Waals surface area (Å²) in [6.07, 6.45) is 0. The minimum absolute atomic E-state index is 0.0546. The molecule has 0 spiro atoms. The van der Waals surface area contributed by atoms with Gasteiger partial charge < -0.3 is 10.1 Å². The van der Waals surface area contributed by atoms with E-state index in [-0.39, 0.29) is 10.7 Å². The van der Waals surface area contributed by atoms with Gasteiger partial charge in [-0.2, -0.15) is 10.2 Å². The highest BCUT2D eigenvalue weighted by atomic mass is 32.2. The maximum Gasteiger partial charge on any atom is 0.331 e. The van der Waals surface area contributed by atoms with Crippen LogP contribution in [-0.2, 0) is 24.3 Å². The van der Waals surface area contributed by atoms with Gasteiger partial charge in [0.05, 0.1) is 16.3 Å². The van der Waals surface area contributed by atoms with Gasteiger partial charge >= 0.3 is 5.97 Å². The van der Waals surface area contributed by atoms with Crippen LogP contribution in [0.3, 0.4) is 0 Å². The number of sulfonamides is 1. The molecule has 35 heavy (non-hydrogen) atoms. The molecule has 3 aromatic rings. The molecule has 2 N–H and O–H groups in total. The molecule has 3 aromatic carbocycles. The molecule has 0 fully saturated rings. The van der Waals surface area contributed by atoms with E-state index in [1.54, 1.807) is 42.5 Å². The number of rotatable bonds is 7. The van der Waals surface area contributed by atoms with E-state index in [0.29, 0.717) is 16.9 Å². The predicted octanol–water partition coefficient (Wildman–Crippen LogP) is 3.71. The van der Waals surface area contributed by atoms with Crippen molar-refractivity contribution in [3.63, 3.8) is 0 Å². The summed E-state index contributed by atoms with van der Waals surface area (Å²) in [7, 11) is -3.72. The van der Waals surface area contributed by atoms with Gasteiger partial charge in [-0.15, -0.1) is 0 Å². The molecule has 0 bridgehead atoms. The van der Waals surface area contributed by atoms with Gasteiger partial charge in [0.1, 0.15) is 11.9 Å². The number of hydrogen-bond donors (Lipinski definition) is 2. The summed E-state index contributed by atoms with van der Waals surface area (Å²) in [5.41, 5.74) is 2.20. The van der Waals surface area contributed by atoms with E-state index in [2.05, 4.69) is 25.3 Å². The number of amides is 1. The van der Waals surface area contributed by atoms with E-state index in [9.17, 15) is 18.0 Å². The first kappa shape index (κ1) is 23.8. The molecule has 1 aliphatic rings. The lowest BCUT2D eigenvalue weighted by Gasteiger charge is -2.10. The van der Waals surface area contributed by atoms with Crippen LogP contribution >= 0.6 is 0 Å². The molecule has 1 heterocycles. The van der Waals surface area contributed by atoms with Crippen LogP contribution in [0.15, 0.2) is 99.0 Å². The Labute approximate surface area is 201 Å². The minimum atomic E-state index is -3.72. The minimum Gasteiger partial charge on any atom is -0.454 e. The summed E-state index contributed by atoms with van der Waals surface area (Å²) in [4.78, 5) is 28.7. The van der Waals surface area contributed by atoms with Crippen molar-refractivity contribution in [2.75, 3.05) is 11.9 Å². The molecule has 178 valence electrons. The maximum absolute atomic E-state index is 12.3. The van der Waals surface area contributed by atoms with Crippen LogP contribution in [0.25, 0.3) is 0 Å². The number of carbonyl (C=O) groups is 2. The summed E-state index contributed by atoms with van der Waals surface area (Å²) in [6, 6.07) is 21.2. The molecule has 0 saturated heterocycles. The molecule has 4 rings (SSSR count). The van der Waals surface area contributed by atoms with E-state index in [0.717, 1.165) is 5.69 Å². The van der Waals surface area contributed by atoms with E-state index in [1.807, 2.05) is 30.3 Å². The number of anilines is 1. The third kappa shape index (κ3) is 5.95. The van der Waals surface area contributed by atoms with Crippen molar-refractivity contribution in [2.24, 2.45) is 15.2 Å². The quantitative estimate of drug-likeness (QED) is 0.383. The molecule has 10 nitrogen and oxygen atoms in total. The molecular weight excluding hydrogens is 470 g/mol. The topological polar surface area (TPSA) is 139 Å². The van der Waals surface area contributed by atoms with Crippen molar-refractivity contribution in [3.05, 3.63) is 84.4 Å². The number of aliphatic imine (C=N–C) groups is 1. The van der Waals surface area contributed by atoms with Gasteiger partial charge in [0, 0.05) is 11.3 Å². The van der Waals surface area contributed by atoms with Gasteiger partial charge in [0.2, 0.25) is 0 Å². The average molecular weight is 492 g/mol. The number of fused-ring (bicyclic) bond motifs is 1. The molecule has 0 aliphatic carbocycles.